The summed E-state index contributed by atoms with van der Waals surface area (Å²) in [6.07, 6.45) is 1.81. The molecular formula is C18H25ClN2O3. The molecule has 1 saturated heterocycles. The molecule has 24 heavy (non-hydrogen) atoms. The average Bonchev–Trinajstić information content (AvgIpc) is 2.47. The van der Waals surface area contributed by atoms with Crippen LogP contribution >= 0.6 is 12.4 Å². The van der Waals surface area contributed by atoms with Crippen LogP contribution in [0.5, 0.6) is 0 Å². The fourth-order valence-electron chi connectivity index (χ4n) is 3.34. The lowest BCUT2D eigenvalue weighted by molar-refractivity contribution is -0.128. The molecule has 1 N–H and O–H groups in total. The second-order valence-corrected chi connectivity index (χ2v) is 7.54. The number of benzene rings is 1. The minimum Gasteiger partial charge on any atom is -0.444 e. The third-order valence-corrected chi connectivity index (χ3v) is 4.65. The van der Waals surface area contributed by atoms with E-state index in [0.29, 0.717) is 25.9 Å². The Hall–Kier alpha value is -1.75. The number of nitrogens with zero attached hydrogens (tertiary/aromatic N) is 1. The number of likely N-dealkylation sites (tertiary alicyclic amines) is 1. The number of anilines is 1. The van der Waals surface area contributed by atoms with Crippen LogP contribution in [0, 0.1) is 5.41 Å². The van der Waals surface area contributed by atoms with Crippen molar-refractivity contribution in [2.24, 2.45) is 5.41 Å². The maximum Gasteiger partial charge on any atom is 0.410 e. The summed E-state index contributed by atoms with van der Waals surface area (Å²) in [4.78, 5) is 26.5. The Morgan fingerprint density at radius 2 is 1.83 bits per heavy atom. The fraction of sp³-hybridized carbons (Fsp3) is 0.556. The minimum absolute atomic E-state index is 0. The van der Waals surface area contributed by atoms with Gasteiger partial charge in [0.2, 0.25) is 5.91 Å². The van der Waals surface area contributed by atoms with Crippen LogP contribution in [0.4, 0.5) is 10.5 Å². The zero-order valence-electron chi connectivity index (χ0n) is 14.4. The Labute approximate surface area is 149 Å². The van der Waals surface area contributed by atoms with Crippen molar-refractivity contribution in [3.8, 4) is 0 Å². The van der Waals surface area contributed by atoms with Gasteiger partial charge in [-0.25, -0.2) is 4.79 Å². The highest BCUT2D eigenvalue weighted by molar-refractivity contribution is 5.98. The number of piperidine rings is 1. The minimum atomic E-state index is -0.493. The van der Waals surface area contributed by atoms with Gasteiger partial charge in [-0.3, -0.25) is 4.79 Å². The second-order valence-electron chi connectivity index (χ2n) is 7.54. The number of para-hydroxylation sites is 1. The van der Waals surface area contributed by atoms with Crippen LogP contribution in [0.3, 0.4) is 0 Å². The maximum absolute atomic E-state index is 12.6. The smallest absolute Gasteiger partial charge is 0.410 e. The third-order valence-electron chi connectivity index (χ3n) is 4.65. The number of halogens is 1. The first kappa shape index (κ1) is 18.6. The highest BCUT2D eigenvalue weighted by Gasteiger charge is 2.45. The third kappa shape index (κ3) is 3.66. The molecule has 132 valence electrons. The summed E-state index contributed by atoms with van der Waals surface area (Å²) < 4.78 is 5.42. The molecule has 1 spiro atoms. The average molecular weight is 353 g/mol. The van der Waals surface area contributed by atoms with E-state index in [1.807, 2.05) is 39.0 Å². The topological polar surface area (TPSA) is 58.6 Å². The molecule has 1 aromatic rings. The Balaban J connectivity index is 0.00000208. The summed E-state index contributed by atoms with van der Waals surface area (Å²) in [6, 6.07) is 7.94. The van der Waals surface area contributed by atoms with Crippen LogP contribution in [-0.4, -0.2) is 35.6 Å². The number of carbonyl (C=O) groups excluding carboxylic acids is 2. The van der Waals surface area contributed by atoms with E-state index in [1.165, 1.54) is 5.56 Å². The first-order valence-corrected chi connectivity index (χ1v) is 8.16. The maximum atomic E-state index is 12.6. The van der Waals surface area contributed by atoms with Crippen molar-refractivity contribution in [1.82, 2.24) is 4.90 Å². The Bertz CT molecular complexity index is 631. The van der Waals surface area contributed by atoms with Gasteiger partial charge < -0.3 is 15.0 Å². The molecule has 1 aromatic carbocycles. The molecule has 1 fully saturated rings. The van der Waals surface area contributed by atoms with Crippen LogP contribution in [0.15, 0.2) is 24.3 Å². The van der Waals surface area contributed by atoms with Crippen LogP contribution in [0.1, 0.15) is 39.2 Å². The molecule has 0 bridgehead atoms. The number of amides is 2. The zero-order valence-corrected chi connectivity index (χ0v) is 15.2. The molecule has 3 rings (SSSR count). The van der Waals surface area contributed by atoms with E-state index >= 15 is 0 Å². The number of carbonyl (C=O) groups is 2. The van der Waals surface area contributed by atoms with Crippen molar-refractivity contribution in [2.75, 3.05) is 18.4 Å². The van der Waals surface area contributed by atoms with Crippen molar-refractivity contribution >= 4 is 30.1 Å². The Kier molecular flexibility index (Phi) is 5.14. The summed E-state index contributed by atoms with van der Waals surface area (Å²) in [5.74, 6) is 0.0834. The summed E-state index contributed by atoms with van der Waals surface area (Å²) in [7, 11) is 0. The zero-order chi connectivity index (χ0) is 16.7. The predicted octanol–water partition coefficient (Wildman–Crippen LogP) is 3.62. The van der Waals surface area contributed by atoms with E-state index in [9.17, 15) is 9.59 Å². The van der Waals surface area contributed by atoms with Gasteiger partial charge in [-0.1, -0.05) is 18.2 Å². The fourth-order valence-corrected chi connectivity index (χ4v) is 3.34. The molecule has 2 aliphatic heterocycles. The van der Waals surface area contributed by atoms with Crippen molar-refractivity contribution in [2.45, 2.75) is 45.6 Å². The molecule has 0 radical (unpaired) electrons. The second kappa shape index (κ2) is 6.63. The number of nitrogens with one attached hydrogen (secondary N) is 1. The highest BCUT2D eigenvalue weighted by atomic mass is 35.5. The van der Waals surface area contributed by atoms with E-state index in [-0.39, 0.29) is 24.4 Å². The standard InChI is InChI=1S/C18H24N2O3.ClH/c1-17(2,3)23-16(22)20-10-8-18(9-11-20)12-13-6-4-5-7-14(13)19-15(18)21;/h4-7H,8-12H2,1-3H3,(H,19,21);1H. The largest absolute Gasteiger partial charge is 0.444 e. The van der Waals surface area contributed by atoms with Gasteiger partial charge in [0.1, 0.15) is 5.60 Å². The number of hydrogen-bond donors (Lipinski definition) is 1. The Morgan fingerprint density at radius 3 is 2.46 bits per heavy atom. The molecule has 0 atom stereocenters. The highest BCUT2D eigenvalue weighted by Crippen LogP contribution is 2.41. The molecule has 2 aliphatic rings. The monoisotopic (exact) mass is 352 g/mol. The van der Waals surface area contributed by atoms with E-state index in [0.717, 1.165) is 12.1 Å². The molecule has 2 heterocycles. The van der Waals surface area contributed by atoms with Gasteiger partial charge in [0, 0.05) is 18.8 Å². The van der Waals surface area contributed by atoms with Crippen LogP contribution in [0.25, 0.3) is 0 Å². The normalized spacial score (nSPS) is 19.1. The van der Waals surface area contributed by atoms with Crippen molar-refractivity contribution in [1.29, 1.82) is 0 Å². The van der Waals surface area contributed by atoms with Crippen LogP contribution in [-0.2, 0) is 16.0 Å². The number of fused-ring (bicyclic) bond motifs is 1. The molecule has 0 aliphatic carbocycles. The van der Waals surface area contributed by atoms with E-state index in [4.69, 9.17) is 4.74 Å². The molecule has 0 aromatic heterocycles. The predicted molar refractivity (Wildman–Crippen MR) is 95.5 cm³/mol. The number of rotatable bonds is 0. The SMILES string of the molecule is CC(C)(C)OC(=O)N1CCC2(CC1)Cc1ccccc1NC2=O.Cl. The first-order valence-electron chi connectivity index (χ1n) is 8.16. The van der Waals surface area contributed by atoms with Gasteiger partial charge in [0.25, 0.3) is 0 Å². The lowest BCUT2D eigenvalue weighted by Crippen LogP contribution is -2.51. The van der Waals surface area contributed by atoms with Gasteiger partial charge >= 0.3 is 6.09 Å². The molecule has 6 heteroatoms. The number of ether oxygens (including phenoxy) is 1. The van der Waals surface area contributed by atoms with Gasteiger partial charge in [0.05, 0.1) is 5.41 Å². The quantitative estimate of drug-likeness (QED) is 0.775. The van der Waals surface area contributed by atoms with Crippen molar-refractivity contribution < 1.29 is 14.3 Å². The molecule has 2 amide bonds. The lowest BCUT2D eigenvalue weighted by Gasteiger charge is -2.43. The first-order chi connectivity index (χ1) is 10.8. The molecular weight excluding hydrogens is 328 g/mol. The van der Waals surface area contributed by atoms with Crippen LogP contribution in [0.2, 0.25) is 0 Å². The van der Waals surface area contributed by atoms with Gasteiger partial charge in [-0.15, -0.1) is 12.4 Å². The lowest BCUT2D eigenvalue weighted by atomic mass is 9.71. The van der Waals surface area contributed by atoms with E-state index < -0.39 is 11.0 Å². The van der Waals surface area contributed by atoms with E-state index in [1.54, 1.807) is 4.90 Å². The number of hydrogen-bond acceptors (Lipinski definition) is 3. The van der Waals surface area contributed by atoms with Crippen LogP contribution < -0.4 is 5.32 Å². The summed E-state index contributed by atoms with van der Waals surface area (Å²) >= 11 is 0. The summed E-state index contributed by atoms with van der Waals surface area (Å²) in [6.45, 7) is 6.71. The molecule has 0 unspecified atom stereocenters. The summed E-state index contributed by atoms with van der Waals surface area (Å²) in [5.41, 5.74) is 1.20. The Morgan fingerprint density at radius 1 is 1.21 bits per heavy atom. The molecule has 5 nitrogen and oxygen atoms in total. The summed E-state index contributed by atoms with van der Waals surface area (Å²) in [5, 5.41) is 3.03. The van der Waals surface area contributed by atoms with Gasteiger partial charge in [0.15, 0.2) is 0 Å². The molecule has 0 saturated carbocycles. The van der Waals surface area contributed by atoms with Gasteiger partial charge in [-0.05, 0) is 51.7 Å². The van der Waals surface area contributed by atoms with E-state index in [2.05, 4.69) is 11.4 Å². The van der Waals surface area contributed by atoms with Gasteiger partial charge in [-0.2, -0.15) is 0 Å². The van der Waals surface area contributed by atoms with Crippen molar-refractivity contribution in [3.05, 3.63) is 29.8 Å². The van der Waals surface area contributed by atoms with Crippen molar-refractivity contribution in [3.63, 3.8) is 0 Å².